The van der Waals surface area contributed by atoms with Gasteiger partial charge in [-0.1, -0.05) is 97.1 Å². The molecule has 1 spiro atoms. The molecule has 51 heavy (non-hydrogen) atoms. The molecule has 6 aromatic carbocycles. The highest BCUT2D eigenvalue weighted by molar-refractivity contribution is 7.25. The smallest absolute Gasteiger partial charge is 0.0973 e. The number of para-hydroxylation sites is 2. The molecule has 4 bridgehead atoms. The lowest BCUT2D eigenvalue weighted by atomic mass is 9.43. The van der Waals surface area contributed by atoms with E-state index in [0.717, 1.165) is 39.8 Å². The second-order valence-electron chi connectivity index (χ2n) is 15.7. The van der Waals surface area contributed by atoms with E-state index in [1.54, 1.807) is 11.1 Å². The van der Waals surface area contributed by atoms with E-state index in [1.165, 1.54) is 80.1 Å². The van der Waals surface area contributed by atoms with Crippen LogP contribution in [0.2, 0.25) is 0 Å². The Balaban J connectivity index is 1.23. The Morgan fingerprint density at radius 3 is 1.90 bits per heavy atom. The summed E-state index contributed by atoms with van der Waals surface area (Å²) in [7, 11) is 0. The van der Waals surface area contributed by atoms with Gasteiger partial charge in [0.25, 0.3) is 0 Å². The zero-order chi connectivity index (χ0) is 33.3. The minimum Gasteiger partial charge on any atom is -0.244 e. The average Bonchev–Trinajstić information content (AvgIpc) is 3.70. The van der Waals surface area contributed by atoms with Crippen molar-refractivity contribution >= 4 is 42.5 Å². The molecule has 8 aromatic rings. The van der Waals surface area contributed by atoms with Crippen LogP contribution in [0.1, 0.15) is 43.2 Å². The molecule has 2 nitrogen and oxygen atoms in total. The summed E-state index contributed by atoms with van der Waals surface area (Å²) in [4.78, 5) is 10.9. The van der Waals surface area contributed by atoms with Crippen LogP contribution in [-0.4, -0.2) is 9.97 Å². The van der Waals surface area contributed by atoms with Crippen LogP contribution in [0.15, 0.2) is 133 Å². The SMILES string of the molecule is c1ccc(-c2nc3ccccc3nc2-c2cc(-c3cccc4sc5ccccc5c34)c3c(c2)C2(c4ccccc4-3)C3CC4CC(C3)CC2C4)cc1. The molecule has 4 saturated carbocycles. The zero-order valence-corrected chi connectivity index (χ0v) is 29.2. The van der Waals surface area contributed by atoms with E-state index in [9.17, 15) is 0 Å². The van der Waals surface area contributed by atoms with E-state index in [-0.39, 0.29) is 5.41 Å². The third-order valence-corrected chi connectivity index (χ3v) is 14.4. The second-order valence-corrected chi connectivity index (χ2v) is 16.8. The molecule has 2 heterocycles. The Morgan fingerprint density at radius 1 is 0.490 bits per heavy atom. The van der Waals surface area contributed by atoms with E-state index in [4.69, 9.17) is 9.97 Å². The van der Waals surface area contributed by atoms with E-state index >= 15 is 0 Å². The van der Waals surface area contributed by atoms with Gasteiger partial charge in [-0.05, 0) is 126 Å². The van der Waals surface area contributed by atoms with Crippen LogP contribution >= 0.6 is 11.3 Å². The Morgan fingerprint density at radius 2 is 1.12 bits per heavy atom. The molecule has 0 radical (unpaired) electrons. The summed E-state index contributed by atoms with van der Waals surface area (Å²) < 4.78 is 2.69. The Labute approximate surface area is 301 Å². The number of hydrogen-bond acceptors (Lipinski definition) is 3. The van der Waals surface area contributed by atoms with Crippen LogP contribution in [0.4, 0.5) is 0 Å². The van der Waals surface area contributed by atoms with Gasteiger partial charge in [-0.3, -0.25) is 0 Å². The van der Waals surface area contributed by atoms with E-state index in [2.05, 4.69) is 133 Å². The Kier molecular flexibility index (Phi) is 5.86. The Bertz CT molecular complexity index is 2690. The third-order valence-electron chi connectivity index (χ3n) is 13.2. The number of thiophene rings is 1. The molecule has 0 amide bonds. The maximum Gasteiger partial charge on any atom is 0.0973 e. The van der Waals surface area contributed by atoms with Crippen LogP contribution in [0, 0.1) is 23.7 Å². The highest BCUT2D eigenvalue weighted by atomic mass is 32.1. The van der Waals surface area contributed by atoms with Gasteiger partial charge < -0.3 is 0 Å². The van der Waals surface area contributed by atoms with Gasteiger partial charge in [0.05, 0.1) is 22.4 Å². The van der Waals surface area contributed by atoms with Crippen molar-refractivity contribution in [2.24, 2.45) is 23.7 Å². The number of nitrogens with zero attached hydrogens (tertiary/aromatic N) is 2. The summed E-state index contributed by atoms with van der Waals surface area (Å²) in [5.74, 6) is 3.12. The fourth-order valence-electron chi connectivity index (χ4n) is 11.6. The van der Waals surface area contributed by atoms with Gasteiger partial charge in [0, 0.05) is 36.7 Å². The molecule has 4 fully saturated rings. The molecule has 5 aliphatic rings. The van der Waals surface area contributed by atoms with Crippen LogP contribution in [0.25, 0.3) is 76.0 Å². The molecular formula is C48H36N2S. The minimum atomic E-state index is 0.0336. The lowest BCUT2D eigenvalue weighted by Gasteiger charge is -2.61. The van der Waals surface area contributed by atoms with Gasteiger partial charge in [-0.25, -0.2) is 9.97 Å². The summed E-state index contributed by atoms with van der Waals surface area (Å²) >= 11 is 1.91. The molecule has 2 aromatic heterocycles. The molecule has 0 atom stereocenters. The summed E-state index contributed by atoms with van der Waals surface area (Å²) in [5, 5.41) is 2.71. The molecule has 0 aliphatic heterocycles. The van der Waals surface area contributed by atoms with Crippen molar-refractivity contribution in [3.8, 4) is 44.8 Å². The zero-order valence-electron chi connectivity index (χ0n) is 28.3. The second kappa shape index (κ2) is 10.5. The van der Waals surface area contributed by atoms with Gasteiger partial charge >= 0.3 is 0 Å². The topological polar surface area (TPSA) is 25.8 Å². The molecule has 13 rings (SSSR count). The highest BCUT2D eigenvalue weighted by Gasteiger charge is 2.62. The first-order chi connectivity index (χ1) is 25.2. The number of benzene rings is 6. The first-order valence-corrected chi connectivity index (χ1v) is 19.6. The van der Waals surface area contributed by atoms with E-state index < -0.39 is 0 Å². The van der Waals surface area contributed by atoms with Crippen molar-refractivity contribution in [1.29, 1.82) is 0 Å². The maximum absolute atomic E-state index is 5.50. The van der Waals surface area contributed by atoms with Crippen LogP contribution in [-0.2, 0) is 5.41 Å². The minimum absolute atomic E-state index is 0.0336. The molecule has 0 unspecified atom stereocenters. The van der Waals surface area contributed by atoms with Gasteiger partial charge in [-0.2, -0.15) is 0 Å². The average molecular weight is 673 g/mol. The standard InChI is InChI=1S/C48H36N2S/c1-2-11-30(12-3-1)46-47(50-41-18-8-7-17-40(41)49-46)31-26-37(34-15-10-20-43-45(34)36-14-5-9-19-42(36)51-43)44-35-13-4-6-16-38(35)48(39(44)27-31)32-22-28-21-29(24-32)25-33(48)23-28/h1-20,26-29,32-33H,21-25H2. The van der Waals surface area contributed by atoms with Crippen LogP contribution in [0.5, 0.6) is 0 Å². The molecule has 244 valence electrons. The number of fused-ring (bicyclic) bond motifs is 7. The predicted octanol–water partition coefficient (Wildman–Crippen LogP) is 12.7. The van der Waals surface area contributed by atoms with Crippen molar-refractivity contribution in [1.82, 2.24) is 9.97 Å². The molecule has 0 saturated heterocycles. The molecule has 5 aliphatic carbocycles. The van der Waals surface area contributed by atoms with Gasteiger partial charge in [-0.15, -0.1) is 11.3 Å². The van der Waals surface area contributed by atoms with E-state index in [1.807, 2.05) is 11.3 Å². The van der Waals surface area contributed by atoms with Crippen LogP contribution in [0.3, 0.4) is 0 Å². The van der Waals surface area contributed by atoms with Crippen molar-refractivity contribution in [3.63, 3.8) is 0 Å². The summed E-state index contributed by atoms with van der Waals surface area (Å²) in [6, 6.07) is 49.6. The van der Waals surface area contributed by atoms with Crippen molar-refractivity contribution in [2.75, 3.05) is 0 Å². The fraction of sp³-hybridized carbons (Fsp3) is 0.208. The van der Waals surface area contributed by atoms with Crippen molar-refractivity contribution in [2.45, 2.75) is 37.5 Å². The largest absolute Gasteiger partial charge is 0.244 e. The van der Waals surface area contributed by atoms with E-state index in [0.29, 0.717) is 11.8 Å². The lowest BCUT2D eigenvalue weighted by Crippen LogP contribution is -2.55. The van der Waals surface area contributed by atoms with Gasteiger partial charge in [0.1, 0.15) is 0 Å². The van der Waals surface area contributed by atoms with Gasteiger partial charge in [0.15, 0.2) is 0 Å². The lowest BCUT2D eigenvalue weighted by molar-refractivity contribution is -0.0399. The Hall–Kier alpha value is -5.12. The van der Waals surface area contributed by atoms with Gasteiger partial charge in [0.2, 0.25) is 0 Å². The summed E-state index contributed by atoms with van der Waals surface area (Å²) in [6.07, 6.45) is 6.88. The summed E-state index contributed by atoms with van der Waals surface area (Å²) in [5.41, 5.74) is 14.8. The van der Waals surface area contributed by atoms with Crippen molar-refractivity contribution < 1.29 is 0 Å². The van der Waals surface area contributed by atoms with Crippen molar-refractivity contribution in [3.05, 3.63) is 145 Å². The first kappa shape index (κ1) is 28.6. The fourth-order valence-corrected chi connectivity index (χ4v) is 12.8. The number of hydrogen-bond donors (Lipinski definition) is 0. The number of aromatic nitrogens is 2. The first-order valence-electron chi connectivity index (χ1n) is 18.8. The third kappa shape index (κ3) is 3.88. The molecular weight excluding hydrogens is 637 g/mol. The normalized spacial score (nSPS) is 24.2. The number of rotatable bonds is 3. The highest BCUT2D eigenvalue weighted by Crippen LogP contribution is 2.70. The predicted molar refractivity (Wildman–Crippen MR) is 212 cm³/mol. The maximum atomic E-state index is 5.50. The molecule has 3 heteroatoms. The quantitative estimate of drug-likeness (QED) is 0.187. The monoisotopic (exact) mass is 672 g/mol. The summed E-state index contributed by atoms with van der Waals surface area (Å²) in [6.45, 7) is 0. The van der Waals surface area contributed by atoms with Crippen LogP contribution < -0.4 is 0 Å². The molecule has 0 N–H and O–H groups in total.